The van der Waals surface area contributed by atoms with Crippen LogP contribution in [0.25, 0.3) is 0 Å². The molecule has 0 fully saturated rings. The lowest BCUT2D eigenvalue weighted by molar-refractivity contribution is -0.124. The second kappa shape index (κ2) is 6.01. The predicted molar refractivity (Wildman–Crippen MR) is 71.7 cm³/mol. The van der Waals surface area contributed by atoms with Gasteiger partial charge in [-0.15, -0.1) is 0 Å². The Morgan fingerprint density at radius 2 is 1.56 bits per heavy atom. The molecule has 0 aliphatic heterocycles. The number of carbonyl (C=O) groups is 1. The van der Waals surface area contributed by atoms with Gasteiger partial charge in [-0.1, -0.05) is 48.5 Å². The summed E-state index contributed by atoms with van der Waals surface area (Å²) in [5.41, 5.74) is 1.02. The van der Waals surface area contributed by atoms with Crippen LogP contribution in [0.5, 0.6) is 5.75 Å². The highest BCUT2D eigenvalue weighted by Crippen LogP contribution is 2.12. The summed E-state index contributed by atoms with van der Waals surface area (Å²) in [7, 11) is 0. The minimum Gasteiger partial charge on any atom is -0.483 e. The van der Waals surface area contributed by atoms with Crippen molar-refractivity contribution in [1.29, 1.82) is 0 Å². The Morgan fingerprint density at radius 1 is 1.00 bits per heavy atom. The van der Waals surface area contributed by atoms with Crippen molar-refractivity contribution in [2.45, 2.75) is 19.4 Å². The smallest absolute Gasteiger partial charge is 0.177 e. The molecular formula is C16H16O2. The van der Waals surface area contributed by atoms with E-state index in [9.17, 15) is 4.79 Å². The highest BCUT2D eigenvalue weighted by Gasteiger charge is 2.14. The maximum Gasteiger partial charge on any atom is 0.177 e. The van der Waals surface area contributed by atoms with Crippen molar-refractivity contribution in [2.75, 3.05) is 0 Å². The third-order valence-electron chi connectivity index (χ3n) is 2.73. The maximum absolute atomic E-state index is 12.0. The van der Waals surface area contributed by atoms with Gasteiger partial charge in [0.05, 0.1) is 0 Å². The minimum absolute atomic E-state index is 0.0880. The van der Waals surface area contributed by atoms with Crippen LogP contribution < -0.4 is 4.74 Å². The quantitative estimate of drug-likeness (QED) is 0.801. The largest absolute Gasteiger partial charge is 0.483 e. The minimum atomic E-state index is -0.424. The van der Waals surface area contributed by atoms with Crippen molar-refractivity contribution in [3.05, 3.63) is 66.2 Å². The summed E-state index contributed by atoms with van der Waals surface area (Å²) in [6, 6.07) is 19.1. The number of rotatable bonds is 5. The van der Waals surface area contributed by atoms with Crippen molar-refractivity contribution in [3.63, 3.8) is 0 Å². The average molecular weight is 240 g/mol. The summed E-state index contributed by atoms with van der Waals surface area (Å²) in [5.74, 6) is 0.816. The van der Waals surface area contributed by atoms with Gasteiger partial charge >= 0.3 is 0 Å². The third-order valence-corrected chi connectivity index (χ3v) is 2.73. The molecule has 0 N–H and O–H groups in total. The van der Waals surface area contributed by atoms with Crippen LogP contribution in [-0.4, -0.2) is 11.9 Å². The molecule has 0 amide bonds. The van der Waals surface area contributed by atoms with E-state index < -0.39 is 6.10 Å². The van der Waals surface area contributed by atoms with Gasteiger partial charge in [-0.2, -0.15) is 0 Å². The Bertz CT molecular complexity index is 491. The zero-order valence-corrected chi connectivity index (χ0v) is 10.4. The van der Waals surface area contributed by atoms with E-state index in [2.05, 4.69) is 0 Å². The van der Waals surface area contributed by atoms with Gasteiger partial charge in [-0.05, 0) is 24.6 Å². The van der Waals surface area contributed by atoms with E-state index in [0.717, 1.165) is 11.3 Å². The van der Waals surface area contributed by atoms with Crippen LogP contribution >= 0.6 is 0 Å². The van der Waals surface area contributed by atoms with Gasteiger partial charge in [0.1, 0.15) is 5.75 Å². The standard InChI is InChI=1S/C16H16O2/c1-13(18-15-10-6-3-7-11-15)16(17)12-14-8-4-2-5-9-14/h2-11,13H,12H2,1H3. The number of ether oxygens (including phenoxy) is 1. The molecule has 18 heavy (non-hydrogen) atoms. The molecule has 0 aliphatic rings. The van der Waals surface area contributed by atoms with Crippen LogP contribution in [0.15, 0.2) is 60.7 Å². The number of ketones is 1. The molecule has 0 heterocycles. The fraction of sp³-hybridized carbons (Fsp3) is 0.188. The van der Waals surface area contributed by atoms with Gasteiger partial charge in [0.15, 0.2) is 11.9 Å². The van der Waals surface area contributed by atoms with Crippen molar-refractivity contribution < 1.29 is 9.53 Å². The van der Waals surface area contributed by atoms with Gasteiger partial charge in [-0.3, -0.25) is 4.79 Å². The zero-order chi connectivity index (χ0) is 12.8. The number of hydrogen-bond donors (Lipinski definition) is 0. The molecule has 0 bridgehead atoms. The Balaban J connectivity index is 1.93. The molecular weight excluding hydrogens is 224 g/mol. The Labute approximate surface area is 107 Å². The first-order valence-corrected chi connectivity index (χ1v) is 6.04. The predicted octanol–water partition coefficient (Wildman–Crippen LogP) is 3.27. The molecule has 0 aromatic heterocycles. The summed E-state index contributed by atoms with van der Waals surface area (Å²) in [6.07, 6.45) is -0.0120. The molecule has 2 heteroatoms. The molecule has 92 valence electrons. The third kappa shape index (κ3) is 3.45. The molecule has 0 saturated carbocycles. The van der Waals surface area contributed by atoms with Crippen molar-refractivity contribution in [1.82, 2.24) is 0 Å². The van der Waals surface area contributed by atoms with E-state index in [1.165, 1.54) is 0 Å². The van der Waals surface area contributed by atoms with Gasteiger partial charge in [-0.25, -0.2) is 0 Å². The number of benzene rings is 2. The van der Waals surface area contributed by atoms with Gasteiger partial charge in [0, 0.05) is 6.42 Å². The van der Waals surface area contributed by atoms with E-state index in [-0.39, 0.29) is 5.78 Å². The summed E-state index contributed by atoms with van der Waals surface area (Å²) in [5, 5.41) is 0. The maximum atomic E-state index is 12.0. The first kappa shape index (κ1) is 12.4. The normalized spacial score (nSPS) is 11.8. The summed E-state index contributed by atoms with van der Waals surface area (Å²) >= 11 is 0. The fourth-order valence-electron chi connectivity index (χ4n) is 1.71. The Kier molecular flexibility index (Phi) is 4.13. The number of carbonyl (C=O) groups excluding carboxylic acids is 1. The van der Waals surface area contributed by atoms with Crippen LogP contribution in [0.1, 0.15) is 12.5 Å². The molecule has 2 rings (SSSR count). The molecule has 2 nitrogen and oxygen atoms in total. The molecule has 1 unspecified atom stereocenters. The first-order chi connectivity index (χ1) is 8.75. The van der Waals surface area contributed by atoms with Crippen LogP contribution in [0.2, 0.25) is 0 Å². The number of hydrogen-bond acceptors (Lipinski definition) is 2. The summed E-state index contributed by atoms with van der Waals surface area (Å²) in [6.45, 7) is 1.79. The molecule has 0 radical (unpaired) electrons. The van der Waals surface area contributed by atoms with E-state index >= 15 is 0 Å². The molecule has 0 saturated heterocycles. The van der Waals surface area contributed by atoms with Crippen molar-refractivity contribution in [2.24, 2.45) is 0 Å². The lowest BCUT2D eigenvalue weighted by Gasteiger charge is -2.13. The fourth-order valence-corrected chi connectivity index (χ4v) is 1.71. The Morgan fingerprint density at radius 3 is 2.17 bits per heavy atom. The van der Waals surface area contributed by atoms with Crippen LogP contribution in [-0.2, 0) is 11.2 Å². The highest BCUT2D eigenvalue weighted by molar-refractivity contribution is 5.85. The van der Waals surface area contributed by atoms with Crippen molar-refractivity contribution in [3.8, 4) is 5.75 Å². The summed E-state index contributed by atoms with van der Waals surface area (Å²) < 4.78 is 5.60. The number of para-hydroxylation sites is 1. The van der Waals surface area contributed by atoms with Crippen LogP contribution in [0.3, 0.4) is 0 Å². The Hall–Kier alpha value is -2.09. The SMILES string of the molecule is CC(Oc1ccccc1)C(=O)Cc1ccccc1. The second-order valence-corrected chi connectivity index (χ2v) is 4.20. The van der Waals surface area contributed by atoms with E-state index in [1.54, 1.807) is 6.92 Å². The molecule has 2 aromatic carbocycles. The lowest BCUT2D eigenvalue weighted by atomic mass is 10.1. The molecule has 0 spiro atoms. The summed E-state index contributed by atoms with van der Waals surface area (Å²) in [4.78, 5) is 12.0. The van der Waals surface area contributed by atoms with E-state index in [4.69, 9.17) is 4.74 Å². The zero-order valence-electron chi connectivity index (χ0n) is 10.4. The van der Waals surface area contributed by atoms with Gasteiger partial charge in [0.2, 0.25) is 0 Å². The van der Waals surface area contributed by atoms with E-state index in [0.29, 0.717) is 6.42 Å². The molecule has 2 aromatic rings. The van der Waals surface area contributed by atoms with Crippen molar-refractivity contribution >= 4 is 5.78 Å². The average Bonchev–Trinajstić information content (AvgIpc) is 2.41. The monoisotopic (exact) mass is 240 g/mol. The lowest BCUT2D eigenvalue weighted by Crippen LogP contribution is -2.25. The first-order valence-electron chi connectivity index (χ1n) is 6.04. The highest BCUT2D eigenvalue weighted by atomic mass is 16.5. The number of Topliss-reactive ketones (excluding diaryl/α,β-unsaturated/α-hetero) is 1. The topological polar surface area (TPSA) is 26.3 Å². The van der Waals surface area contributed by atoms with Gasteiger partial charge < -0.3 is 4.74 Å². The van der Waals surface area contributed by atoms with E-state index in [1.807, 2.05) is 60.7 Å². The van der Waals surface area contributed by atoms with Crippen LogP contribution in [0, 0.1) is 0 Å². The van der Waals surface area contributed by atoms with Crippen LogP contribution in [0.4, 0.5) is 0 Å². The molecule has 1 atom stereocenters. The molecule has 0 aliphatic carbocycles. The second-order valence-electron chi connectivity index (χ2n) is 4.20. The van der Waals surface area contributed by atoms with Gasteiger partial charge in [0.25, 0.3) is 0 Å².